The number of ether oxygens (including phenoxy) is 1. The molecule has 3 rings (SSSR count). The van der Waals surface area contributed by atoms with Gasteiger partial charge in [-0.15, -0.1) is 0 Å². The fourth-order valence-electron chi connectivity index (χ4n) is 2.91. The van der Waals surface area contributed by atoms with Gasteiger partial charge < -0.3 is 14.4 Å². The van der Waals surface area contributed by atoms with Crippen molar-refractivity contribution in [2.45, 2.75) is 6.04 Å². The SMILES string of the molecule is CN(C)S(=O)(=O)C[C@@H]1COC[C@H]1n1ccnc1-c1ccccc1Cl.O=CO. The zero-order chi connectivity index (χ0) is 20.0. The Balaban J connectivity index is 0.000000817. The number of rotatable bonds is 5. The van der Waals surface area contributed by atoms with Gasteiger partial charge in [0, 0.05) is 38.0 Å². The molecule has 2 atom stereocenters. The summed E-state index contributed by atoms with van der Waals surface area (Å²) in [6.45, 7) is 0.624. The van der Waals surface area contributed by atoms with Crippen LogP contribution in [0.3, 0.4) is 0 Å². The topological polar surface area (TPSA) is 102 Å². The lowest BCUT2D eigenvalue weighted by molar-refractivity contribution is -0.122. The second kappa shape index (κ2) is 9.32. The van der Waals surface area contributed by atoms with E-state index in [1.54, 1.807) is 20.3 Å². The van der Waals surface area contributed by atoms with Crippen LogP contribution in [0.4, 0.5) is 0 Å². The molecule has 0 radical (unpaired) electrons. The summed E-state index contributed by atoms with van der Waals surface area (Å²) in [6.07, 6.45) is 3.56. The molecular formula is C17H22ClN3O5S. The summed E-state index contributed by atoms with van der Waals surface area (Å²) in [5, 5.41) is 7.50. The Hall–Kier alpha value is -1.94. The summed E-state index contributed by atoms with van der Waals surface area (Å²) in [5.74, 6) is 0.640. The molecule has 2 aromatic rings. The Morgan fingerprint density at radius 1 is 1.37 bits per heavy atom. The highest BCUT2D eigenvalue weighted by Crippen LogP contribution is 2.33. The number of carbonyl (C=O) groups is 1. The minimum absolute atomic E-state index is 0.0464. The smallest absolute Gasteiger partial charge is 0.290 e. The highest BCUT2D eigenvalue weighted by atomic mass is 35.5. The fourth-order valence-corrected chi connectivity index (χ4v) is 4.28. The number of nitrogens with zero attached hydrogens (tertiary/aromatic N) is 3. The summed E-state index contributed by atoms with van der Waals surface area (Å²) in [7, 11) is -0.201. The van der Waals surface area contributed by atoms with Crippen molar-refractivity contribution in [3.8, 4) is 11.4 Å². The average Bonchev–Trinajstić information content (AvgIpc) is 3.24. The van der Waals surface area contributed by atoms with Gasteiger partial charge in [0.2, 0.25) is 10.0 Å². The number of sulfonamides is 1. The van der Waals surface area contributed by atoms with Crippen LogP contribution >= 0.6 is 11.6 Å². The van der Waals surface area contributed by atoms with Gasteiger partial charge in [-0.2, -0.15) is 0 Å². The van der Waals surface area contributed by atoms with E-state index in [0.29, 0.717) is 18.2 Å². The third-order valence-corrected chi connectivity index (χ3v) is 6.58. The van der Waals surface area contributed by atoms with Crippen LogP contribution in [-0.2, 0) is 19.6 Å². The molecule has 1 aromatic carbocycles. The van der Waals surface area contributed by atoms with Crippen molar-refractivity contribution < 1.29 is 23.1 Å². The van der Waals surface area contributed by atoms with Crippen molar-refractivity contribution >= 4 is 28.1 Å². The molecule has 0 spiro atoms. The van der Waals surface area contributed by atoms with Crippen molar-refractivity contribution in [2.75, 3.05) is 33.1 Å². The first kappa shape index (κ1) is 21.4. The summed E-state index contributed by atoms with van der Waals surface area (Å²) in [4.78, 5) is 12.8. The predicted octanol–water partition coefficient (Wildman–Crippen LogP) is 1.98. The Morgan fingerprint density at radius 2 is 2.04 bits per heavy atom. The molecule has 10 heteroatoms. The monoisotopic (exact) mass is 415 g/mol. The summed E-state index contributed by atoms with van der Waals surface area (Å²) in [6, 6.07) is 7.40. The van der Waals surface area contributed by atoms with Crippen LogP contribution in [0.5, 0.6) is 0 Å². The number of carboxylic acid groups (broad SMARTS) is 1. The zero-order valence-corrected chi connectivity index (χ0v) is 16.6. The third kappa shape index (κ3) is 5.07. The van der Waals surface area contributed by atoms with Crippen molar-refractivity contribution in [1.82, 2.24) is 13.9 Å². The molecule has 0 unspecified atom stereocenters. The summed E-state index contributed by atoms with van der Waals surface area (Å²) >= 11 is 6.29. The molecule has 2 heterocycles. The maximum absolute atomic E-state index is 12.2. The van der Waals surface area contributed by atoms with Crippen molar-refractivity contribution in [3.63, 3.8) is 0 Å². The Kier molecular flexibility index (Phi) is 7.37. The number of imidazole rings is 1. The van der Waals surface area contributed by atoms with Crippen LogP contribution in [0.15, 0.2) is 36.7 Å². The zero-order valence-electron chi connectivity index (χ0n) is 15.0. The number of benzene rings is 1. The van der Waals surface area contributed by atoms with Gasteiger partial charge in [-0.1, -0.05) is 23.7 Å². The van der Waals surface area contributed by atoms with Gasteiger partial charge in [-0.05, 0) is 12.1 Å². The number of halogens is 1. The van der Waals surface area contributed by atoms with Crippen LogP contribution in [-0.4, -0.2) is 66.9 Å². The second-order valence-corrected chi connectivity index (χ2v) is 8.80. The molecule has 0 bridgehead atoms. The van der Waals surface area contributed by atoms with Crippen LogP contribution in [0.2, 0.25) is 5.02 Å². The molecule has 27 heavy (non-hydrogen) atoms. The standard InChI is InChI=1S/C16H20ClN3O3S.CH2O2/c1-19(2)24(21,22)11-12-9-23-10-15(12)20-8-7-18-16(20)13-5-3-4-6-14(13)17;2-1-3/h3-8,12,15H,9-11H2,1-2H3;1H,(H,2,3)/t12-,15+;/m0./s1. The minimum Gasteiger partial charge on any atom is -0.483 e. The number of aromatic nitrogens is 2. The van der Waals surface area contributed by atoms with Crippen molar-refractivity contribution in [3.05, 3.63) is 41.7 Å². The lowest BCUT2D eigenvalue weighted by atomic mass is 10.1. The molecule has 1 aliphatic rings. The van der Waals surface area contributed by atoms with Gasteiger partial charge >= 0.3 is 0 Å². The lowest BCUT2D eigenvalue weighted by Crippen LogP contribution is -2.32. The number of hydrogen-bond acceptors (Lipinski definition) is 5. The highest BCUT2D eigenvalue weighted by molar-refractivity contribution is 7.89. The van der Waals surface area contributed by atoms with E-state index in [1.165, 1.54) is 4.31 Å². The van der Waals surface area contributed by atoms with Crippen LogP contribution in [0.25, 0.3) is 11.4 Å². The van der Waals surface area contributed by atoms with Crippen molar-refractivity contribution in [1.29, 1.82) is 0 Å². The molecule has 1 fully saturated rings. The largest absolute Gasteiger partial charge is 0.483 e. The molecule has 0 aliphatic carbocycles. The first-order valence-corrected chi connectivity index (χ1v) is 10.1. The second-order valence-electron chi connectivity index (χ2n) is 6.17. The van der Waals surface area contributed by atoms with Gasteiger partial charge in [-0.3, -0.25) is 4.79 Å². The van der Waals surface area contributed by atoms with Gasteiger partial charge in [0.1, 0.15) is 5.82 Å². The Labute approximate surface area is 163 Å². The maximum Gasteiger partial charge on any atom is 0.290 e. The third-order valence-electron chi connectivity index (χ3n) is 4.29. The number of hydrogen-bond donors (Lipinski definition) is 1. The van der Waals surface area contributed by atoms with Gasteiger partial charge in [0.05, 0.1) is 30.0 Å². The van der Waals surface area contributed by atoms with E-state index >= 15 is 0 Å². The first-order chi connectivity index (χ1) is 12.8. The van der Waals surface area contributed by atoms with Gasteiger partial charge in [0.15, 0.2) is 0 Å². The summed E-state index contributed by atoms with van der Waals surface area (Å²) < 4.78 is 33.3. The molecule has 8 nitrogen and oxygen atoms in total. The molecule has 1 aliphatic heterocycles. The first-order valence-electron chi connectivity index (χ1n) is 8.15. The van der Waals surface area contributed by atoms with Crippen LogP contribution < -0.4 is 0 Å². The van der Waals surface area contributed by atoms with Crippen LogP contribution in [0.1, 0.15) is 6.04 Å². The minimum atomic E-state index is -3.30. The van der Waals surface area contributed by atoms with E-state index in [1.807, 2.05) is 35.0 Å². The molecule has 1 saturated heterocycles. The Morgan fingerprint density at radius 3 is 2.67 bits per heavy atom. The molecular weight excluding hydrogens is 394 g/mol. The normalized spacial score (nSPS) is 19.6. The molecule has 1 aromatic heterocycles. The summed E-state index contributed by atoms with van der Waals surface area (Å²) in [5.41, 5.74) is 0.824. The average molecular weight is 416 g/mol. The van der Waals surface area contributed by atoms with E-state index in [4.69, 9.17) is 26.2 Å². The quantitative estimate of drug-likeness (QED) is 0.749. The molecule has 1 N–H and O–H groups in total. The maximum atomic E-state index is 12.2. The fraction of sp³-hybridized carbons (Fsp3) is 0.412. The molecule has 0 saturated carbocycles. The van der Waals surface area contributed by atoms with E-state index < -0.39 is 10.0 Å². The van der Waals surface area contributed by atoms with Gasteiger partial charge in [0.25, 0.3) is 6.47 Å². The molecule has 148 valence electrons. The highest BCUT2D eigenvalue weighted by Gasteiger charge is 2.35. The van der Waals surface area contributed by atoms with E-state index in [9.17, 15) is 8.42 Å². The van der Waals surface area contributed by atoms with Crippen LogP contribution in [0, 0.1) is 5.92 Å². The van der Waals surface area contributed by atoms with E-state index in [2.05, 4.69) is 4.98 Å². The lowest BCUT2D eigenvalue weighted by Gasteiger charge is -2.22. The van der Waals surface area contributed by atoms with E-state index in [-0.39, 0.29) is 24.2 Å². The van der Waals surface area contributed by atoms with Gasteiger partial charge in [-0.25, -0.2) is 17.7 Å². The van der Waals surface area contributed by atoms with Crippen molar-refractivity contribution in [2.24, 2.45) is 5.92 Å². The molecule has 0 amide bonds. The predicted molar refractivity (Wildman–Crippen MR) is 102 cm³/mol. The van der Waals surface area contributed by atoms with E-state index in [0.717, 1.165) is 11.4 Å². The Bertz CT molecular complexity index is 869.